The Hall–Kier alpha value is -1.62. The van der Waals surface area contributed by atoms with Crippen molar-refractivity contribution in [2.45, 2.75) is 33.2 Å². The van der Waals surface area contributed by atoms with Crippen molar-refractivity contribution in [1.82, 2.24) is 10.6 Å². The van der Waals surface area contributed by atoms with Crippen molar-refractivity contribution in [2.75, 3.05) is 0 Å². The van der Waals surface area contributed by atoms with Crippen molar-refractivity contribution in [1.29, 1.82) is 0 Å². The second-order valence-corrected chi connectivity index (χ2v) is 6.09. The molecule has 0 saturated carbocycles. The highest BCUT2D eigenvalue weighted by Gasteiger charge is 2.31. The largest absolute Gasteiger partial charge is 0.326 e. The van der Waals surface area contributed by atoms with Crippen LogP contribution in [0.5, 0.6) is 0 Å². The van der Waals surface area contributed by atoms with E-state index in [1.54, 1.807) is 18.3 Å². The standard InChI is InChI=1S/C14H18N2O2S/c1-8(2)7-10(17)12-9(3)15-14(18)16-13(12)11-5-4-6-19-11/h4-6,8,13H,7H2,1-3H3,(H2,15,16,18). The van der Waals surface area contributed by atoms with Gasteiger partial charge in [0.15, 0.2) is 5.78 Å². The van der Waals surface area contributed by atoms with E-state index in [2.05, 4.69) is 10.6 Å². The van der Waals surface area contributed by atoms with Crippen molar-refractivity contribution in [2.24, 2.45) is 5.92 Å². The maximum absolute atomic E-state index is 12.4. The van der Waals surface area contributed by atoms with Crippen molar-refractivity contribution >= 4 is 23.2 Å². The molecule has 1 aromatic rings. The smallest absolute Gasteiger partial charge is 0.319 e. The zero-order valence-electron chi connectivity index (χ0n) is 11.3. The van der Waals surface area contributed by atoms with E-state index in [9.17, 15) is 9.59 Å². The first-order valence-corrected chi connectivity index (χ1v) is 7.22. The number of hydrogen-bond donors (Lipinski definition) is 2. The average Bonchev–Trinajstić information content (AvgIpc) is 2.79. The molecule has 0 fully saturated rings. The molecule has 4 nitrogen and oxygen atoms in total. The Labute approximate surface area is 116 Å². The van der Waals surface area contributed by atoms with Gasteiger partial charge >= 0.3 is 6.03 Å². The maximum atomic E-state index is 12.4. The van der Waals surface area contributed by atoms with Crippen LogP contribution in [0.1, 0.15) is 38.1 Å². The van der Waals surface area contributed by atoms with Gasteiger partial charge in [0.1, 0.15) is 0 Å². The number of carbonyl (C=O) groups is 2. The molecule has 2 rings (SSSR count). The SMILES string of the molecule is CC1=C(C(=O)CC(C)C)C(c2cccs2)NC(=O)N1. The topological polar surface area (TPSA) is 58.2 Å². The first-order valence-electron chi connectivity index (χ1n) is 6.34. The molecule has 5 heteroatoms. The Balaban J connectivity index is 2.36. The third-order valence-electron chi connectivity index (χ3n) is 2.99. The molecule has 2 heterocycles. The van der Waals surface area contributed by atoms with Crippen LogP contribution in [0, 0.1) is 5.92 Å². The molecule has 1 unspecified atom stereocenters. The van der Waals surface area contributed by atoms with Gasteiger partial charge in [0.05, 0.1) is 6.04 Å². The highest BCUT2D eigenvalue weighted by atomic mass is 32.1. The summed E-state index contributed by atoms with van der Waals surface area (Å²) < 4.78 is 0. The molecular formula is C14H18N2O2S. The molecule has 0 bridgehead atoms. The van der Waals surface area contributed by atoms with Gasteiger partial charge in [-0.1, -0.05) is 19.9 Å². The number of allylic oxidation sites excluding steroid dienone is 1. The van der Waals surface area contributed by atoms with E-state index < -0.39 is 0 Å². The van der Waals surface area contributed by atoms with Crippen LogP contribution in [0.4, 0.5) is 4.79 Å². The quantitative estimate of drug-likeness (QED) is 0.889. The molecule has 19 heavy (non-hydrogen) atoms. The fourth-order valence-corrected chi connectivity index (χ4v) is 3.00. The van der Waals surface area contributed by atoms with Crippen LogP contribution >= 0.6 is 11.3 Å². The fourth-order valence-electron chi connectivity index (χ4n) is 2.21. The lowest BCUT2D eigenvalue weighted by molar-refractivity contribution is -0.116. The summed E-state index contributed by atoms with van der Waals surface area (Å²) in [6, 6.07) is 3.29. The van der Waals surface area contributed by atoms with Gasteiger partial charge in [0.25, 0.3) is 0 Å². The molecule has 1 aliphatic rings. The lowest BCUT2D eigenvalue weighted by Crippen LogP contribution is -2.44. The van der Waals surface area contributed by atoms with Gasteiger partial charge in [-0.3, -0.25) is 4.79 Å². The highest BCUT2D eigenvalue weighted by molar-refractivity contribution is 7.10. The number of nitrogens with one attached hydrogen (secondary N) is 2. The lowest BCUT2D eigenvalue weighted by Gasteiger charge is -2.28. The summed E-state index contributed by atoms with van der Waals surface area (Å²) in [6.45, 7) is 5.82. The molecule has 0 aliphatic carbocycles. The summed E-state index contributed by atoms with van der Waals surface area (Å²) in [4.78, 5) is 25.0. The lowest BCUT2D eigenvalue weighted by atomic mass is 9.92. The van der Waals surface area contributed by atoms with Crippen LogP contribution in [0.25, 0.3) is 0 Å². The van der Waals surface area contributed by atoms with Gasteiger partial charge < -0.3 is 10.6 Å². The highest BCUT2D eigenvalue weighted by Crippen LogP contribution is 2.31. The number of amides is 2. The first kappa shape index (κ1) is 13.8. The number of hydrogen-bond acceptors (Lipinski definition) is 3. The van der Waals surface area contributed by atoms with Crippen LogP contribution in [0.3, 0.4) is 0 Å². The Morgan fingerprint density at radius 2 is 2.21 bits per heavy atom. The summed E-state index contributed by atoms with van der Waals surface area (Å²) in [5.74, 6) is 0.396. The molecule has 2 N–H and O–H groups in total. The minimum absolute atomic E-state index is 0.0957. The molecule has 1 aliphatic heterocycles. The predicted molar refractivity (Wildman–Crippen MR) is 75.9 cm³/mol. The van der Waals surface area contributed by atoms with Crippen molar-refractivity contribution < 1.29 is 9.59 Å². The van der Waals surface area contributed by atoms with Crippen molar-refractivity contribution in [3.63, 3.8) is 0 Å². The summed E-state index contributed by atoms with van der Waals surface area (Å²) in [6.07, 6.45) is 0.492. The van der Waals surface area contributed by atoms with E-state index in [0.717, 1.165) is 4.88 Å². The zero-order valence-corrected chi connectivity index (χ0v) is 12.1. The molecule has 2 amide bonds. The molecule has 1 aromatic heterocycles. The minimum atomic E-state index is -0.319. The van der Waals surface area contributed by atoms with Gasteiger partial charge in [-0.15, -0.1) is 11.3 Å². The number of rotatable bonds is 4. The maximum Gasteiger partial charge on any atom is 0.319 e. The summed E-state index contributed by atoms with van der Waals surface area (Å²) in [7, 11) is 0. The van der Waals surface area contributed by atoms with E-state index in [1.807, 2.05) is 31.4 Å². The number of Topliss-reactive ketones (excluding diaryl/α,β-unsaturated/α-hetero) is 1. The zero-order chi connectivity index (χ0) is 14.0. The molecular weight excluding hydrogens is 260 g/mol. The van der Waals surface area contributed by atoms with Gasteiger partial charge in [0.2, 0.25) is 0 Å². The molecule has 0 saturated heterocycles. The third-order valence-corrected chi connectivity index (χ3v) is 3.93. The Morgan fingerprint density at radius 3 is 2.79 bits per heavy atom. The summed E-state index contributed by atoms with van der Waals surface area (Å²) >= 11 is 1.54. The van der Waals surface area contributed by atoms with Gasteiger partial charge in [-0.25, -0.2) is 4.79 Å². The first-order chi connectivity index (χ1) is 8.99. The van der Waals surface area contributed by atoms with E-state index in [-0.39, 0.29) is 17.9 Å². The predicted octanol–water partition coefficient (Wildman–Crippen LogP) is 2.99. The number of ketones is 1. The number of urea groups is 1. The average molecular weight is 278 g/mol. The van der Waals surface area contributed by atoms with Gasteiger partial charge in [-0.2, -0.15) is 0 Å². The van der Waals surface area contributed by atoms with Crippen LogP contribution in [0.2, 0.25) is 0 Å². The number of thiophene rings is 1. The van der Waals surface area contributed by atoms with Gasteiger partial charge in [0, 0.05) is 22.6 Å². The van der Waals surface area contributed by atoms with Crippen LogP contribution in [-0.4, -0.2) is 11.8 Å². The minimum Gasteiger partial charge on any atom is -0.326 e. The Kier molecular flexibility index (Phi) is 4.04. The fraction of sp³-hybridized carbons (Fsp3) is 0.429. The molecule has 0 aromatic carbocycles. The number of carbonyl (C=O) groups excluding carboxylic acids is 2. The van der Waals surface area contributed by atoms with Crippen LogP contribution in [0.15, 0.2) is 28.8 Å². The monoisotopic (exact) mass is 278 g/mol. The molecule has 0 spiro atoms. The summed E-state index contributed by atoms with van der Waals surface area (Å²) in [5.41, 5.74) is 1.34. The van der Waals surface area contributed by atoms with E-state index in [1.165, 1.54) is 0 Å². The second kappa shape index (κ2) is 5.57. The van der Waals surface area contributed by atoms with Crippen LogP contribution < -0.4 is 10.6 Å². The van der Waals surface area contributed by atoms with E-state index >= 15 is 0 Å². The van der Waals surface area contributed by atoms with Gasteiger partial charge in [-0.05, 0) is 24.3 Å². The normalized spacial score (nSPS) is 19.4. The molecule has 0 radical (unpaired) electrons. The van der Waals surface area contributed by atoms with E-state index in [0.29, 0.717) is 23.6 Å². The summed E-state index contributed by atoms with van der Waals surface area (Å²) in [5, 5.41) is 7.47. The van der Waals surface area contributed by atoms with Crippen LogP contribution in [-0.2, 0) is 4.79 Å². The molecule has 1 atom stereocenters. The molecule has 102 valence electrons. The Bertz CT molecular complexity index is 518. The van der Waals surface area contributed by atoms with E-state index in [4.69, 9.17) is 0 Å². The third kappa shape index (κ3) is 3.04. The van der Waals surface area contributed by atoms with Crippen molar-refractivity contribution in [3.8, 4) is 0 Å². The second-order valence-electron chi connectivity index (χ2n) is 5.11. The van der Waals surface area contributed by atoms with Crippen molar-refractivity contribution in [3.05, 3.63) is 33.7 Å². The Morgan fingerprint density at radius 1 is 1.47 bits per heavy atom.